The summed E-state index contributed by atoms with van der Waals surface area (Å²) in [4.78, 5) is 99.4. The van der Waals surface area contributed by atoms with Gasteiger partial charge in [-0.1, -0.05) is 197 Å². The number of unbranched alkanes of at least 4 members (excludes halogenated alkanes) is 12. The molecule has 4 fully saturated rings. The van der Waals surface area contributed by atoms with Gasteiger partial charge in [-0.25, -0.2) is 0 Å². The van der Waals surface area contributed by atoms with Crippen molar-refractivity contribution in [3.05, 3.63) is 168 Å². The minimum Gasteiger partial charge on any atom is -0.481 e. The van der Waals surface area contributed by atoms with Crippen LogP contribution in [0.2, 0.25) is 0 Å². The Balaban J connectivity index is 0.000000281. The number of benzene rings is 4. The van der Waals surface area contributed by atoms with E-state index in [1.165, 1.54) is 109 Å². The van der Waals surface area contributed by atoms with Crippen LogP contribution in [0.1, 0.15) is 255 Å². The molecular weight excluding hydrogens is 1540 g/mol. The smallest absolute Gasteiger partial charge is 0.306 e. The lowest BCUT2D eigenvalue weighted by Crippen LogP contribution is -2.36. The molecule has 118 heavy (non-hydrogen) atoms. The Kier molecular flexibility index (Phi) is 43.9. The molecule has 4 aromatic carbocycles. The number of hydrogen-bond donors (Lipinski definition) is 6. The molecule has 4 aliphatic rings. The standard InChI is InChI=1S/C24H35F2NO4.C24H33F2NO4.C21H29F2NO4.C21H27F2NO4/c2*1-18(2)31-23(30)12-8-3-4-9-17-27-20(14-16-22(27)29)13-15-21(28)24(25,26)19-10-6-5-7-11-19;2*22-21(23,16-8-4-3-5-9-16)18(25)13-11-17-12-14-19(26)24(17)15-7-2-1-6-10-20(27)28/h5-7,10-11,18,20-21,28H,3-4,8-9,12-17H2,1-2H3;5-7,10-11,13,15,18,20-21,28H,3-4,8-9,12,14,16-17H2,1-2H3;3-5,8-9,17-18,25H,1-2,6-7,10-15H2,(H,27,28);3-5,8-9,11,13,17-18,25H,1-2,6-7,10,12,14-15H2,(H,27,28)/b;15-13+;;13-11+/t2*20-,21+;2*17-,18+/m0000/s1. The highest BCUT2D eigenvalue weighted by Crippen LogP contribution is 2.39. The zero-order valence-electron chi connectivity index (χ0n) is 68.7. The molecule has 4 heterocycles. The van der Waals surface area contributed by atoms with Gasteiger partial charge >= 0.3 is 35.7 Å². The van der Waals surface area contributed by atoms with Crippen molar-refractivity contribution in [3.8, 4) is 0 Å². The Hall–Kier alpha value is -8.60. The fraction of sp³-hybridized carbons (Fsp3) is 0.600. The number of amides is 4. The van der Waals surface area contributed by atoms with Gasteiger partial charge in [-0.2, -0.15) is 35.1 Å². The fourth-order valence-corrected chi connectivity index (χ4v) is 14.7. The van der Waals surface area contributed by atoms with Crippen molar-refractivity contribution in [3.63, 3.8) is 0 Å². The number of carboxylic acid groups (broad SMARTS) is 2. The normalized spacial score (nSPS) is 18.3. The monoisotopic (exact) mass is 1670 g/mol. The molecule has 8 atom stereocenters. The van der Waals surface area contributed by atoms with Crippen LogP contribution in [0.5, 0.6) is 0 Å². The van der Waals surface area contributed by atoms with E-state index in [-0.39, 0.29) is 120 Å². The van der Waals surface area contributed by atoms with Crippen molar-refractivity contribution >= 4 is 47.5 Å². The molecule has 0 unspecified atom stereocenters. The number of alkyl halides is 8. The number of aliphatic hydroxyl groups excluding tert-OH is 4. The van der Waals surface area contributed by atoms with Crippen molar-refractivity contribution in [2.75, 3.05) is 26.2 Å². The Labute approximate surface area is 689 Å². The first-order valence-electron chi connectivity index (χ1n) is 41.9. The van der Waals surface area contributed by atoms with Gasteiger partial charge in [0.1, 0.15) is 24.4 Å². The molecular formula is C90H124F8N4O16. The number of carboxylic acids is 2. The van der Waals surface area contributed by atoms with Gasteiger partial charge in [0.25, 0.3) is 11.8 Å². The zero-order chi connectivity index (χ0) is 86.9. The molecule has 20 nitrogen and oxygen atoms in total. The summed E-state index contributed by atoms with van der Waals surface area (Å²) in [5.74, 6) is -15.4. The Morgan fingerprint density at radius 2 is 0.627 bits per heavy atom. The first kappa shape index (κ1) is 100.0. The number of carbonyl (C=O) groups excluding carboxylic acids is 6. The third-order valence-corrected chi connectivity index (χ3v) is 21.3. The average Bonchev–Trinajstić information content (AvgIpc) is 1.15. The number of esters is 2. The van der Waals surface area contributed by atoms with Crippen LogP contribution < -0.4 is 0 Å². The second-order valence-electron chi connectivity index (χ2n) is 31.3. The maximum atomic E-state index is 14.5. The molecule has 4 aliphatic heterocycles. The second-order valence-corrected chi connectivity index (χ2v) is 31.3. The van der Waals surface area contributed by atoms with Gasteiger partial charge in [0.05, 0.1) is 24.3 Å². The number of hydrogen-bond acceptors (Lipinski definition) is 14. The summed E-state index contributed by atoms with van der Waals surface area (Å²) in [6.07, 6.45) is 15.6. The van der Waals surface area contributed by atoms with Crippen LogP contribution in [-0.2, 0) is 71.5 Å². The molecule has 0 bridgehead atoms. The maximum Gasteiger partial charge on any atom is 0.306 e. The van der Waals surface area contributed by atoms with Crippen molar-refractivity contribution in [1.29, 1.82) is 0 Å². The highest BCUT2D eigenvalue weighted by atomic mass is 19.3. The minimum absolute atomic E-state index is 0.000490. The van der Waals surface area contributed by atoms with E-state index in [2.05, 4.69) is 0 Å². The van der Waals surface area contributed by atoms with Crippen LogP contribution in [0, 0.1) is 0 Å². The van der Waals surface area contributed by atoms with E-state index in [0.717, 1.165) is 102 Å². The lowest BCUT2D eigenvalue weighted by atomic mass is 9.97. The zero-order valence-corrected chi connectivity index (χ0v) is 68.7. The number of rotatable bonds is 48. The number of aliphatic hydroxyl groups is 4. The van der Waals surface area contributed by atoms with Crippen molar-refractivity contribution in [2.45, 2.75) is 318 Å². The maximum absolute atomic E-state index is 14.5. The summed E-state index contributed by atoms with van der Waals surface area (Å²) in [6, 6.07) is 28.2. The minimum atomic E-state index is -3.41. The number of aliphatic carboxylic acids is 2. The van der Waals surface area contributed by atoms with Gasteiger partial charge in [-0.3, -0.25) is 38.4 Å². The molecule has 0 aliphatic carbocycles. The molecule has 4 aromatic rings. The molecule has 4 amide bonds. The Morgan fingerprint density at radius 1 is 0.373 bits per heavy atom. The molecule has 0 spiro atoms. The van der Waals surface area contributed by atoms with Crippen LogP contribution in [0.4, 0.5) is 35.1 Å². The Morgan fingerprint density at radius 3 is 0.915 bits per heavy atom. The van der Waals surface area contributed by atoms with Gasteiger partial charge in [0.15, 0.2) is 0 Å². The largest absolute Gasteiger partial charge is 0.481 e. The van der Waals surface area contributed by atoms with Gasteiger partial charge in [-0.05, 0) is 130 Å². The molecule has 8 rings (SSSR count). The van der Waals surface area contributed by atoms with E-state index in [4.69, 9.17) is 19.7 Å². The summed E-state index contributed by atoms with van der Waals surface area (Å²) >= 11 is 0. The summed E-state index contributed by atoms with van der Waals surface area (Å²) in [6.45, 7) is 9.47. The molecule has 28 heteroatoms. The van der Waals surface area contributed by atoms with E-state index >= 15 is 0 Å². The third kappa shape index (κ3) is 34.6. The lowest BCUT2D eigenvalue weighted by molar-refractivity contribution is -0.148. The summed E-state index contributed by atoms with van der Waals surface area (Å²) in [5, 5.41) is 57.4. The number of halogens is 8. The number of ether oxygens (including phenoxy) is 2. The lowest BCUT2D eigenvalue weighted by Gasteiger charge is -2.28. The van der Waals surface area contributed by atoms with Crippen LogP contribution in [0.25, 0.3) is 0 Å². The third-order valence-electron chi connectivity index (χ3n) is 21.3. The quantitative estimate of drug-likeness (QED) is 0.0104. The SMILES string of the molecule is CC(C)OC(=O)CCCCCCN1C(=O)CC[C@@H]1/C=C/[C@@H](O)C(F)(F)c1ccccc1.CC(C)OC(=O)CCCCCCN1C(=O)CC[C@@H]1CC[C@@H](O)C(F)(F)c1ccccc1.O=C(O)CCCCCCN1C(=O)CC[C@@H]1/C=C/[C@@H](O)C(F)(F)c1ccccc1.O=C(O)CCCCCCN1C(=O)CC[C@@H]1CC[C@@H](O)C(F)(F)c1ccccc1. The number of carbonyl (C=O) groups is 8. The van der Waals surface area contributed by atoms with E-state index in [1.54, 1.807) is 43.9 Å². The van der Waals surface area contributed by atoms with Gasteiger partial charge in [-0.15, -0.1) is 0 Å². The fourth-order valence-electron chi connectivity index (χ4n) is 14.7. The van der Waals surface area contributed by atoms with Crippen LogP contribution in [0.3, 0.4) is 0 Å². The molecule has 6 N–H and O–H groups in total. The van der Waals surface area contributed by atoms with Gasteiger partial charge in [0, 0.05) is 112 Å². The van der Waals surface area contributed by atoms with Crippen LogP contribution >= 0.6 is 0 Å². The van der Waals surface area contributed by atoms with Crippen molar-refractivity contribution in [2.24, 2.45) is 0 Å². The number of likely N-dealkylation sites (tertiary alicyclic amines) is 4. The second kappa shape index (κ2) is 51.8. The van der Waals surface area contributed by atoms with Gasteiger partial charge in [0.2, 0.25) is 23.6 Å². The van der Waals surface area contributed by atoms with Crippen LogP contribution in [-0.4, -0.2) is 185 Å². The van der Waals surface area contributed by atoms with Gasteiger partial charge < -0.3 is 59.7 Å². The highest BCUT2D eigenvalue weighted by Gasteiger charge is 2.45. The molecule has 0 saturated carbocycles. The van der Waals surface area contributed by atoms with E-state index in [0.29, 0.717) is 116 Å². The first-order chi connectivity index (χ1) is 56.1. The highest BCUT2D eigenvalue weighted by molar-refractivity contribution is 5.80. The average molecular weight is 1670 g/mol. The predicted molar refractivity (Wildman–Crippen MR) is 431 cm³/mol. The van der Waals surface area contributed by atoms with E-state index in [9.17, 15) is 93.9 Å². The summed E-state index contributed by atoms with van der Waals surface area (Å²) in [5.41, 5.74) is -0.904. The number of nitrogens with zero attached hydrogens (tertiary/aromatic N) is 4. The Bertz CT molecular complexity index is 3700. The first-order valence-corrected chi connectivity index (χ1v) is 41.9. The predicted octanol–water partition coefficient (Wildman–Crippen LogP) is 17.1. The van der Waals surface area contributed by atoms with Crippen molar-refractivity contribution < 1.29 is 114 Å². The molecule has 4 saturated heterocycles. The van der Waals surface area contributed by atoms with E-state index in [1.807, 2.05) is 27.7 Å². The molecule has 0 aromatic heterocycles. The van der Waals surface area contributed by atoms with Crippen molar-refractivity contribution in [1.82, 2.24) is 19.6 Å². The molecule has 656 valence electrons. The molecule has 0 radical (unpaired) electrons. The summed E-state index contributed by atoms with van der Waals surface area (Å²) in [7, 11) is 0. The van der Waals surface area contributed by atoms with E-state index < -0.39 is 60.0 Å². The topological polar surface area (TPSA) is 289 Å². The summed E-state index contributed by atoms with van der Waals surface area (Å²) < 4.78 is 126. The van der Waals surface area contributed by atoms with Crippen LogP contribution in [0.15, 0.2) is 146 Å².